The lowest BCUT2D eigenvalue weighted by atomic mass is 10.1. The molecular formula is C17H19ClN4. The molecule has 0 fully saturated rings. The predicted molar refractivity (Wildman–Crippen MR) is 91.5 cm³/mol. The number of nitrogens with zero attached hydrogens (tertiary/aromatic N) is 3. The number of aromatic nitrogens is 3. The summed E-state index contributed by atoms with van der Waals surface area (Å²) in [6.07, 6.45) is 2.87. The number of rotatable bonds is 4. The van der Waals surface area contributed by atoms with Crippen LogP contribution in [-0.4, -0.2) is 20.6 Å². The molecule has 1 N–H and O–H groups in total. The average molecular weight is 315 g/mol. The van der Waals surface area contributed by atoms with Gasteiger partial charge in [-0.2, -0.15) is 9.61 Å². The third-order valence-electron chi connectivity index (χ3n) is 3.77. The van der Waals surface area contributed by atoms with Gasteiger partial charge in [0.2, 0.25) is 0 Å². The van der Waals surface area contributed by atoms with Crippen molar-refractivity contribution in [3.63, 3.8) is 0 Å². The minimum absolute atomic E-state index is 0.373. The molecule has 3 rings (SSSR count). The van der Waals surface area contributed by atoms with Crippen molar-refractivity contribution < 1.29 is 0 Å². The Balaban J connectivity index is 2.17. The number of halogens is 1. The summed E-state index contributed by atoms with van der Waals surface area (Å²) in [5, 5.41) is 8.69. The summed E-state index contributed by atoms with van der Waals surface area (Å²) >= 11 is 6.32. The van der Waals surface area contributed by atoms with E-state index in [1.54, 1.807) is 0 Å². The van der Waals surface area contributed by atoms with Gasteiger partial charge in [-0.3, -0.25) is 0 Å². The van der Waals surface area contributed by atoms with Crippen molar-refractivity contribution in [2.75, 3.05) is 5.32 Å². The number of aryl methyl sites for hydroxylation is 1. The summed E-state index contributed by atoms with van der Waals surface area (Å²) in [5.74, 6) is 0.954. The summed E-state index contributed by atoms with van der Waals surface area (Å²) in [6.45, 7) is 6.30. The van der Waals surface area contributed by atoms with Crippen LogP contribution in [0.1, 0.15) is 26.0 Å². The van der Waals surface area contributed by atoms with Crippen molar-refractivity contribution in [2.24, 2.45) is 0 Å². The molecule has 1 aromatic carbocycles. The minimum atomic E-state index is 0.373. The Morgan fingerprint density at radius 1 is 1.27 bits per heavy atom. The minimum Gasteiger partial charge on any atom is -0.367 e. The van der Waals surface area contributed by atoms with Crippen LogP contribution in [0.15, 0.2) is 36.5 Å². The fourth-order valence-electron chi connectivity index (χ4n) is 2.41. The maximum atomic E-state index is 6.32. The lowest BCUT2D eigenvalue weighted by Gasteiger charge is -2.14. The van der Waals surface area contributed by atoms with Crippen LogP contribution in [-0.2, 0) is 0 Å². The topological polar surface area (TPSA) is 42.2 Å². The van der Waals surface area contributed by atoms with Gasteiger partial charge in [-0.1, -0.05) is 36.7 Å². The number of hydrogen-bond donors (Lipinski definition) is 1. The van der Waals surface area contributed by atoms with Crippen molar-refractivity contribution in [3.05, 3.63) is 47.2 Å². The van der Waals surface area contributed by atoms with E-state index in [0.29, 0.717) is 11.1 Å². The highest BCUT2D eigenvalue weighted by atomic mass is 35.5. The van der Waals surface area contributed by atoms with Gasteiger partial charge >= 0.3 is 0 Å². The third-order valence-corrected chi connectivity index (χ3v) is 4.10. The average Bonchev–Trinajstić information content (AvgIpc) is 2.91. The standard InChI is InChI=1S/C17H19ClN4/c1-4-11(2)20-16-9-12(3)21-17-14(10-19-22(16)17)13-7-5-6-8-15(13)18/h5-11,20H,4H2,1-3H3/t11-/m1/s1. The zero-order valence-electron chi connectivity index (χ0n) is 13.0. The summed E-state index contributed by atoms with van der Waals surface area (Å²) in [7, 11) is 0. The van der Waals surface area contributed by atoms with Crippen LogP contribution in [0, 0.1) is 6.92 Å². The van der Waals surface area contributed by atoms with Gasteiger partial charge in [0.1, 0.15) is 5.82 Å². The largest absolute Gasteiger partial charge is 0.367 e. The highest BCUT2D eigenvalue weighted by Gasteiger charge is 2.14. The molecule has 0 aliphatic heterocycles. The van der Waals surface area contributed by atoms with Crippen LogP contribution in [0.4, 0.5) is 5.82 Å². The highest BCUT2D eigenvalue weighted by Crippen LogP contribution is 2.31. The van der Waals surface area contributed by atoms with Crippen molar-refractivity contribution in [1.82, 2.24) is 14.6 Å². The summed E-state index contributed by atoms with van der Waals surface area (Å²) in [6, 6.07) is 10.2. The zero-order chi connectivity index (χ0) is 15.7. The zero-order valence-corrected chi connectivity index (χ0v) is 13.7. The number of benzene rings is 1. The molecule has 2 aromatic heterocycles. The van der Waals surface area contributed by atoms with E-state index in [1.807, 2.05) is 48.0 Å². The second-order valence-electron chi connectivity index (χ2n) is 5.51. The van der Waals surface area contributed by atoms with Crippen molar-refractivity contribution in [3.8, 4) is 11.1 Å². The molecule has 0 aliphatic carbocycles. The van der Waals surface area contributed by atoms with Crippen molar-refractivity contribution in [1.29, 1.82) is 0 Å². The van der Waals surface area contributed by atoms with E-state index in [0.717, 1.165) is 34.7 Å². The van der Waals surface area contributed by atoms with Gasteiger partial charge in [0.25, 0.3) is 0 Å². The monoisotopic (exact) mass is 314 g/mol. The van der Waals surface area contributed by atoms with E-state index < -0.39 is 0 Å². The van der Waals surface area contributed by atoms with Crippen LogP contribution in [0.5, 0.6) is 0 Å². The molecule has 0 saturated carbocycles. The Morgan fingerprint density at radius 3 is 2.77 bits per heavy atom. The first-order chi connectivity index (χ1) is 10.6. The number of anilines is 1. The smallest absolute Gasteiger partial charge is 0.165 e. The van der Waals surface area contributed by atoms with Crippen LogP contribution in [0.25, 0.3) is 16.8 Å². The van der Waals surface area contributed by atoms with Crippen LogP contribution in [0.3, 0.4) is 0 Å². The van der Waals surface area contributed by atoms with Crippen LogP contribution >= 0.6 is 11.6 Å². The molecule has 0 spiro atoms. The van der Waals surface area contributed by atoms with E-state index in [1.165, 1.54) is 0 Å². The van der Waals surface area contributed by atoms with Crippen LogP contribution < -0.4 is 5.32 Å². The Morgan fingerprint density at radius 2 is 2.05 bits per heavy atom. The molecule has 0 bridgehead atoms. The van der Waals surface area contributed by atoms with E-state index >= 15 is 0 Å². The first-order valence-corrected chi connectivity index (χ1v) is 7.84. The van der Waals surface area contributed by atoms with Gasteiger partial charge in [0, 0.05) is 34.0 Å². The first-order valence-electron chi connectivity index (χ1n) is 7.47. The molecule has 114 valence electrons. The molecule has 0 unspecified atom stereocenters. The molecule has 3 aromatic rings. The van der Waals surface area contributed by atoms with E-state index in [2.05, 4.69) is 29.2 Å². The Hall–Kier alpha value is -2.07. The lowest BCUT2D eigenvalue weighted by Crippen LogP contribution is -2.16. The SMILES string of the molecule is CC[C@@H](C)Nc1cc(C)nc2c(-c3ccccc3Cl)cnn12. The number of hydrogen-bond acceptors (Lipinski definition) is 3. The molecule has 22 heavy (non-hydrogen) atoms. The van der Waals surface area contributed by atoms with Gasteiger partial charge in [-0.25, -0.2) is 4.98 Å². The quantitative estimate of drug-likeness (QED) is 0.767. The van der Waals surface area contributed by atoms with Gasteiger partial charge in [-0.15, -0.1) is 0 Å². The molecule has 2 heterocycles. The van der Waals surface area contributed by atoms with E-state index in [9.17, 15) is 0 Å². The first kappa shape index (κ1) is 14.9. The summed E-state index contributed by atoms with van der Waals surface area (Å²) in [5.41, 5.74) is 3.67. The Kier molecular flexibility index (Phi) is 4.03. The molecule has 0 saturated heterocycles. The van der Waals surface area contributed by atoms with Gasteiger partial charge in [0.15, 0.2) is 5.65 Å². The van der Waals surface area contributed by atoms with Crippen molar-refractivity contribution >= 4 is 23.1 Å². The fraction of sp³-hybridized carbons (Fsp3) is 0.294. The second-order valence-corrected chi connectivity index (χ2v) is 5.92. The summed E-state index contributed by atoms with van der Waals surface area (Å²) < 4.78 is 1.85. The maximum absolute atomic E-state index is 6.32. The predicted octanol–water partition coefficient (Wildman–Crippen LogP) is 4.57. The van der Waals surface area contributed by atoms with Gasteiger partial charge in [0.05, 0.1) is 6.20 Å². The second kappa shape index (κ2) is 5.97. The van der Waals surface area contributed by atoms with E-state index in [4.69, 9.17) is 11.6 Å². The van der Waals surface area contributed by atoms with Crippen molar-refractivity contribution in [2.45, 2.75) is 33.2 Å². The van der Waals surface area contributed by atoms with Gasteiger partial charge in [-0.05, 0) is 26.3 Å². The Bertz CT molecular complexity index is 810. The Labute approximate surface area is 135 Å². The molecule has 5 heteroatoms. The number of nitrogens with one attached hydrogen (secondary N) is 1. The van der Waals surface area contributed by atoms with Gasteiger partial charge < -0.3 is 5.32 Å². The molecule has 0 amide bonds. The normalized spacial score (nSPS) is 12.5. The highest BCUT2D eigenvalue weighted by molar-refractivity contribution is 6.33. The maximum Gasteiger partial charge on any atom is 0.165 e. The molecule has 4 nitrogen and oxygen atoms in total. The van der Waals surface area contributed by atoms with Crippen LogP contribution in [0.2, 0.25) is 5.02 Å². The molecular weight excluding hydrogens is 296 g/mol. The molecule has 0 radical (unpaired) electrons. The molecule has 1 atom stereocenters. The lowest BCUT2D eigenvalue weighted by molar-refractivity contribution is 0.748. The van der Waals surface area contributed by atoms with E-state index in [-0.39, 0.29) is 0 Å². The fourth-order valence-corrected chi connectivity index (χ4v) is 2.65. The third kappa shape index (κ3) is 2.66. The number of fused-ring (bicyclic) bond motifs is 1. The molecule has 0 aliphatic rings. The summed E-state index contributed by atoms with van der Waals surface area (Å²) in [4.78, 5) is 4.65.